The van der Waals surface area contributed by atoms with Gasteiger partial charge in [0.25, 0.3) is 0 Å². The molecule has 0 aliphatic carbocycles. The van der Waals surface area contributed by atoms with Crippen molar-refractivity contribution in [1.82, 2.24) is 4.90 Å². The summed E-state index contributed by atoms with van der Waals surface area (Å²) in [4.78, 5) is 4.94. The quantitative estimate of drug-likeness (QED) is 0.764. The summed E-state index contributed by atoms with van der Waals surface area (Å²) in [5, 5.41) is 0. The van der Waals surface area contributed by atoms with E-state index in [1.165, 1.54) is 17.7 Å². The summed E-state index contributed by atoms with van der Waals surface area (Å²) in [5.74, 6) is 0.597. The van der Waals surface area contributed by atoms with E-state index in [1.807, 2.05) is 0 Å². The molecule has 1 aliphatic heterocycles. The van der Waals surface area contributed by atoms with Crippen molar-refractivity contribution in [3.05, 3.63) is 29.8 Å². The molecular weight excluding hydrogens is 232 g/mol. The molecule has 0 aromatic heterocycles. The summed E-state index contributed by atoms with van der Waals surface area (Å²) in [7, 11) is 2.22. The van der Waals surface area contributed by atoms with Gasteiger partial charge in [0, 0.05) is 37.2 Å². The number of rotatable bonds is 3. The Kier molecular flexibility index (Phi) is 4.30. The zero-order valence-electron chi connectivity index (χ0n) is 10.7. The number of benzene rings is 1. The number of para-hydroxylation sites is 1. The molecule has 2 nitrogen and oxygen atoms in total. The van der Waals surface area contributed by atoms with Crippen LogP contribution in [0.3, 0.4) is 0 Å². The number of nitrogens with zero attached hydrogens (tertiary/aromatic N) is 2. The topological polar surface area (TPSA) is 6.48 Å². The van der Waals surface area contributed by atoms with E-state index >= 15 is 0 Å². The molecule has 1 atom stereocenters. The number of likely N-dealkylation sites (N-methyl/N-ethyl adjacent to an activating group) is 1. The molecule has 0 amide bonds. The van der Waals surface area contributed by atoms with E-state index in [4.69, 9.17) is 11.6 Å². The molecule has 1 heterocycles. The number of anilines is 1. The van der Waals surface area contributed by atoms with E-state index in [9.17, 15) is 0 Å². The van der Waals surface area contributed by atoms with Gasteiger partial charge in [0.2, 0.25) is 0 Å². The maximum Gasteiger partial charge on any atom is 0.0494 e. The Bertz CT molecular complexity index is 367. The number of piperazine rings is 1. The van der Waals surface area contributed by atoms with Crippen LogP contribution in [-0.4, -0.2) is 37.6 Å². The Labute approximate surface area is 109 Å². The lowest BCUT2D eigenvalue weighted by Gasteiger charge is -2.41. The minimum atomic E-state index is 0.597. The van der Waals surface area contributed by atoms with Crippen molar-refractivity contribution >= 4 is 17.3 Å². The van der Waals surface area contributed by atoms with Crippen molar-refractivity contribution in [1.29, 1.82) is 0 Å². The van der Waals surface area contributed by atoms with Gasteiger partial charge < -0.3 is 4.90 Å². The Morgan fingerprint density at radius 3 is 2.76 bits per heavy atom. The fourth-order valence-electron chi connectivity index (χ4n) is 2.54. The van der Waals surface area contributed by atoms with E-state index in [0.717, 1.165) is 19.6 Å². The Morgan fingerprint density at radius 2 is 2.06 bits per heavy atom. The van der Waals surface area contributed by atoms with E-state index in [-0.39, 0.29) is 0 Å². The third-order valence-corrected chi connectivity index (χ3v) is 4.01. The Hall–Kier alpha value is -0.730. The SMILES string of the molecule is CCC1CN(c2ccccc2CCl)CCN1C. The number of hydrogen-bond acceptors (Lipinski definition) is 2. The molecule has 94 valence electrons. The summed E-state index contributed by atoms with van der Waals surface area (Å²) < 4.78 is 0. The summed E-state index contributed by atoms with van der Waals surface area (Å²) in [6.07, 6.45) is 1.20. The molecule has 0 spiro atoms. The van der Waals surface area contributed by atoms with E-state index < -0.39 is 0 Å². The van der Waals surface area contributed by atoms with Crippen molar-refractivity contribution < 1.29 is 0 Å². The predicted molar refractivity (Wildman–Crippen MR) is 74.9 cm³/mol. The number of hydrogen-bond donors (Lipinski definition) is 0. The third kappa shape index (κ3) is 2.75. The van der Waals surface area contributed by atoms with E-state index in [1.54, 1.807) is 0 Å². The third-order valence-electron chi connectivity index (χ3n) is 3.72. The van der Waals surface area contributed by atoms with E-state index in [2.05, 4.69) is 48.0 Å². The monoisotopic (exact) mass is 252 g/mol. The van der Waals surface area contributed by atoms with Crippen LogP contribution in [0.25, 0.3) is 0 Å². The highest BCUT2D eigenvalue weighted by Gasteiger charge is 2.23. The van der Waals surface area contributed by atoms with Gasteiger partial charge in [-0.1, -0.05) is 25.1 Å². The van der Waals surface area contributed by atoms with Gasteiger partial charge in [-0.25, -0.2) is 0 Å². The summed E-state index contributed by atoms with van der Waals surface area (Å²) >= 11 is 6.01. The van der Waals surface area contributed by atoms with Gasteiger partial charge >= 0.3 is 0 Å². The van der Waals surface area contributed by atoms with Crippen LogP contribution >= 0.6 is 11.6 Å². The van der Waals surface area contributed by atoms with Crippen molar-refractivity contribution in [2.75, 3.05) is 31.6 Å². The normalized spacial score (nSPS) is 21.8. The zero-order chi connectivity index (χ0) is 12.3. The minimum Gasteiger partial charge on any atom is -0.368 e. The van der Waals surface area contributed by atoms with Crippen LogP contribution in [0.5, 0.6) is 0 Å². The van der Waals surface area contributed by atoms with Crippen LogP contribution < -0.4 is 4.90 Å². The second-order valence-corrected chi connectivity index (χ2v) is 5.02. The average Bonchev–Trinajstić information content (AvgIpc) is 2.39. The molecule has 3 heteroatoms. The molecule has 0 N–H and O–H groups in total. The first-order valence-corrected chi connectivity index (χ1v) is 6.88. The lowest BCUT2D eigenvalue weighted by atomic mass is 10.1. The second-order valence-electron chi connectivity index (χ2n) is 4.75. The molecule has 1 fully saturated rings. The second kappa shape index (κ2) is 5.74. The molecule has 0 bridgehead atoms. The van der Waals surface area contributed by atoms with Gasteiger partial charge in [-0.2, -0.15) is 0 Å². The number of alkyl halides is 1. The van der Waals surface area contributed by atoms with Gasteiger partial charge in [0.15, 0.2) is 0 Å². The highest BCUT2D eigenvalue weighted by atomic mass is 35.5. The van der Waals surface area contributed by atoms with Gasteiger partial charge in [-0.05, 0) is 25.1 Å². The predicted octanol–water partition coefficient (Wildman–Crippen LogP) is 2.96. The Morgan fingerprint density at radius 1 is 1.29 bits per heavy atom. The summed E-state index contributed by atoms with van der Waals surface area (Å²) in [5.41, 5.74) is 2.56. The van der Waals surface area contributed by atoms with Crippen LogP contribution in [0.2, 0.25) is 0 Å². The first kappa shape index (κ1) is 12.7. The summed E-state index contributed by atoms with van der Waals surface area (Å²) in [6.45, 7) is 5.61. The van der Waals surface area contributed by atoms with Gasteiger partial charge in [-0.3, -0.25) is 4.90 Å². The highest BCUT2D eigenvalue weighted by Crippen LogP contribution is 2.25. The van der Waals surface area contributed by atoms with Crippen LogP contribution in [0.15, 0.2) is 24.3 Å². The fourth-order valence-corrected chi connectivity index (χ4v) is 2.76. The largest absolute Gasteiger partial charge is 0.368 e. The first-order chi connectivity index (χ1) is 8.26. The van der Waals surface area contributed by atoms with E-state index in [0.29, 0.717) is 11.9 Å². The smallest absolute Gasteiger partial charge is 0.0494 e. The van der Waals surface area contributed by atoms with Crippen LogP contribution in [-0.2, 0) is 5.88 Å². The standard InChI is InChI=1S/C14H21ClN2/c1-3-13-11-17(9-8-16(13)2)14-7-5-4-6-12(14)10-15/h4-7,13H,3,8-11H2,1-2H3. The molecule has 1 aliphatic rings. The summed E-state index contributed by atoms with van der Waals surface area (Å²) in [6, 6.07) is 9.14. The molecule has 1 aromatic rings. The molecule has 0 saturated carbocycles. The van der Waals surface area contributed by atoms with Crippen LogP contribution in [0, 0.1) is 0 Å². The molecule has 17 heavy (non-hydrogen) atoms. The molecular formula is C14H21ClN2. The lowest BCUT2D eigenvalue weighted by molar-refractivity contribution is 0.213. The van der Waals surface area contributed by atoms with Crippen LogP contribution in [0.4, 0.5) is 5.69 Å². The van der Waals surface area contributed by atoms with Gasteiger partial charge in [0.1, 0.15) is 0 Å². The highest BCUT2D eigenvalue weighted by molar-refractivity contribution is 6.17. The van der Waals surface area contributed by atoms with Gasteiger partial charge in [-0.15, -0.1) is 11.6 Å². The van der Waals surface area contributed by atoms with Crippen molar-refractivity contribution in [2.45, 2.75) is 25.3 Å². The van der Waals surface area contributed by atoms with Crippen molar-refractivity contribution in [2.24, 2.45) is 0 Å². The van der Waals surface area contributed by atoms with Crippen LogP contribution in [0.1, 0.15) is 18.9 Å². The van der Waals surface area contributed by atoms with Gasteiger partial charge in [0.05, 0.1) is 0 Å². The lowest BCUT2D eigenvalue weighted by Crippen LogP contribution is -2.51. The number of halogens is 1. The average molecular weight is 253 g/mol. The first-order valence-electron chi connectivity index (χ1n) is 6.35. The maximum absolute atomic E-state index is 6.01. The fraction of sp³-hybridized carbons (Fsp3) is 0.571. The molecule has 0 radical (unpaired) electrons. The van der Waals surface area contributed by atoms with Crippen molar-refractivity contribution in [3.8, 4) is 0 Å². The molecule has 1 saturated heterocycles. The molecule has 2 rings (SSSR count). The van der Waals surface area contributed by atoms with Crippen molar-refractivity contribution in [3.63, 3.8) is 0 Å². The zero-order valence-corrected chi connectivity index (χ0v) is 11.5. The minimum absolute atomic E-state index is 0.597. The maximum atomic E-state index is 6.01. The Balaban J connectivity index is 2.17. The molecule has 1 aromatic carbocycles. The molecule has 1 unspecified atom stereocenters.